The summed E-state index contributed by atoms with van der Waals surface area (Å²) in [5, 5.41) is 11.3. The van der Waals surface area contributed by atoms with Crippen molar-refractivity contribution in [3.8, 4) is 0 Å². The summed E-state index contributed by atoms with van der Waals surface area (Å²) in [6.45, 7) is -0.233. The van der Waals surface area contributed by atoms with Crippen LogP contribution in [0.5, 0.6) is 0 Å². The third-order valence-electron chi connectivity index (χ3n) is 2.42. The predicted molar refractivity (Wildman–Crippen MR) is 74.9 cm³/mol. The molecule has 1 atom stereocenters. The van der Waals surface area contributed by atoms with Crippen molar-refractivity contribution in [1.82, 2.24) is 5.32 Å². The summed E-state index contributed by atoms with van der Waals surface area (Å²) in [5.74, 6) is -1.80. The minimum atomic E-state index is -4.43. The third-order valence-corrected chi connectivity index (χ3v) is 2.88. The first-order chi connectivity index (χ1) is 10.1. The Balaban J connectivity index is 2.63. The molecule has 0 bridgehead atoms. The molecule has 1 unspecified atom stereocenters. The van der Waals surface area contributed by atoms with E-state index < -0.39 is 30.7 Å². The second kappa shape index (κ2) is 7.59. The first-order valence-electron chi connectivity index (χ1n) is 6.08. The maximum atomic E-state index is 11.9. The number of carboxylic acids is 1. The molecule has 0 aromatic heterocycles. The first kappa shape index (κ1) is 18.4. The minimum absolute atomic E-state index is 0.0782. The number of halogens is 4. The topological polar surface area (TPSA) is 75.6 Å². The molecule has 1 aromatic rings. The molecule has 0 heterocycles. The highest BCUT2D eigenvalue weighted by atomic mass is 79.9. The molecule has 0 saturated heterocycles. The number of rotatable bonds is 6. The highest BCUT2D eigenvalue weighted by molar-refractivity contribution is 9.10. The first-order valence-corrected chi connectivity index (χ1v) is 6.87. The van der Waals surface area contributed by atoms with E-state index in [0.717, 1.165) is 0 Å². The number of amides is 1. The number of carboxylic acid groups (broad SMARTS) is 1. The quantitative estimate of drug-likeness (QED) is 0.791. The van der Waals surface area contributed by atoms with Gasteiger partial charge in [-0.05, 0) is 25.1 Å². The Bertz CT molecular complexity index is 563. The lowest BCUT2D eigenvalue weighted by atomic mass is 10.1. The van der Waals surface area contributed by atoms with Crippen LogP contribution in [0.2, 0.25) is 0 Å². The van der Waals surface area contributed by atoms with Crippen molar-refractivity contribution in [3.05, 3.63) is 33.8 Å². The molecule has 5 nitrogen and oxygen atoms in total. The fourth-order valence-electron chi connectivity index (χ4n) is 1.54. The van der Waals surface area contributed by atoms with Crippen LogP contribution in [0.4, 0.5) is 13.2 Å². The summed E-state index contributed by atoms with van der Waals surface area (Å²) in [5.41, 5.74) is -0.00468. The van der Waals surface area contributed by atoms with E-state index >= 15 is 0 Å². The van der Waals surface area contributed by atoms with E-state index in [9.17, 15) is 22.8 Å². The number of carbonyl (C=O) groups excluding carboxylic acids is 1. The van der Waals surface area contributed by atoms with E-state index in [1.807, 2.05) is 0 Å². The van der Waals surface area contributed by atoms with E-state index in [1.165, 1.54) is 25.1 Å². The zero-order valence-corrected chi connectivity index (χ0v) is 13.0. The molecule has 1 rings (SSSR count). The molecule has 22 heavy (non-hydrogen) atoms. The Hall–Kier alpha value is -1.61. The van der Waals surface area contributed by atoms with Gasteiger partial charge < -0.3 is 15.2 Å². The van der Waals surface area contributed by atoms with Gasteiger partial charge in [-0.2, -0.15) is 13.2 Å². The Morgan fingerprint density at radius 3 is 2.45 bits per heavy atom. The molecule has 0 aliphatic carbocycles. The summed E-state index contributed by atoms with van der Waals surface area (Å²) in [7, 11) is 0. The molecule has 2 N–H and O–H groups in total. The number of hydrogen-bond donors (Lipinski definition) is 2. The van der Waals surface area contributed by atoms with Crippen molar-refractivity contribution in [2.75, 3.05) is 13.2 Å². The summed E-state index contributed by atoms with van der Waals surface area (Å²) < 4.78 is 40.6. The maximum Gasteiger partial charge on any atom is 0.411 e. The van der Waals surface area contributed by atoms with E-state index in [4.69, 9.17) is 5.11 Å². The van der Waals surface area contributed by atoms with Crippen molar-refractivity contribution in [2.45, 2.75) is 19.1 Å². The van der Waals surface area contributed by atoms with Crippen LogP contribution >= 0.6 is 15.9 Å². The number of benzene rings is 1. The maximum absolute atomic E-state index is 11.9. The molecule has 1 aromatic carbocycles. The molecule has 0 fully saturated rings. The third kappa shape index (κ3) is 6.44. The van der Waals surface area contributed by atoms with Crippen LogP contribution in [-0.4, -0.2) is 42.4 Å². The number of carbonyl (C=O) groups is 2. The van der Waals surface area contributed by atoms with Gasteiger partial charge in [0.25, 0.3) is 5.91 Å². The van der Waals surface area contributed by atoms with Crippen LogP contribution in [0.15, 0.2) is 22.7 Å². The van der Waals surface area contributed by atoms with Crippen molar-refractivity contribution in [1.29, 1.82) is 0 Å². The van der Waals surface area contributed by atoms with E-state index in [-0.39, 0.29) is 17.7 Å². The lowest BCUT2D eigenvalue weighted by Gasteiger charge is -2.15. The molecule has 0 saturated carbocycles. The number of alkyl halides is 3. The molecule has 0 aliphatic rings. The van der Waals surface area contributed by atoms with Gasteiger partial charge in [-0.3, -0.25) is 4.79 Å². The van der Waals surface area contributed by atoms with Gasteiger partial charge in [0.2, 0.25) is 0 Å². The van der Waals surface area contributed by atoms with Crippen molar-refractivity contribution in [3.63, 3.8) is 0 Å². The fourth-order valence-corrected chi connectivity index (χ4v) is 2.04. The van der Waals surface area contributed by atoms with E-state index in [0.29, 0.717) is 4.47 Å². The van der Waals surface area contributed by atoms with Crippen LogP contribution in [0.3, 0.4) is 0 Å². The summed E-state index contributed by atoms with van der Waals surface area (Å²) in [4.78, 5) is 22.8. The number of ether oxygens (including phenoxy) is 1. The van der Waals surface area contributed by atoms with E-state index in [1.54, 1.807) is 0 Å². The molecular formula is C13H13BrF3NO4. The zero-order valence-electron chi connectivity index (χ0n) is 11.4. The standard InChI is InChI=1S/C13H13BrF3NO4/c1-7(5-22-6-13(15,16)17)18-11(19)8-2-9(12(20)21)4-10(14)3-8/h2-4,7H,5-6H2,1H3,(H,18,19)(H,20,21). The number of aromatic carboxylic acids is 1. The molecule has 0 radical (unpaired) electrons. The molecule has 0 spiro atoms. The van der Waals surface area contributed by atoms with Gasteiger partial charge in [0.05, 0.1) is 12.2 Å². The highest BCUT2D eigenvalue weighted by Crippen LogP contribution is 2.17. The Labute approximate surface area is 132 Å². The van der Waals surface area contributed by atoms with Gasteiger partial charge in [-0.15, -0.1) is 0 Å². The SMILES string of the molecule is CC(COCC(F)(F)F)NC(=O)c1cc(Br)cc(C(=O)O)c1. The van der Waals surface area contributed by atoms with Crippen LogP contribution in [0, 0.1) is 0 Å². The molecule has 0 aliphatic heterocycles. The van der Waals surface area contributed by atoms with Gasteiger partial charge in [0, 0.05) is 16.1 Å². The van der Waals surface area contributed by atoms with Crippen molar-refractivity contribution in [2.24, 2.45) is 0 Å². The normalized spacial score (nSPS) is 12.8. The Morgan fingerprint density at radius 1 is 1.32 bits per heavy atom. The largest absolute Gasteiger partial charge is 0.478 e. The lowest BCUT2D eigenvalue weighted by molar-refractivity contribution is -0.174. The number of hydrogen-bond acceptors (Lipinski definition) is 3. The summed E-state index contributed by atoms with van der Waals surface area (Å²) in [6, 6.07) is 3.24. The van der Waals surface area contributed by atoms with Crippen molar-refractivity contribution >= 4 is 27.8 Å². The summed E-state index contributed by atoms with van der Waals surface area (Å²) in [6.07, 6.45) is -4.43. The lowest BCUT2D eigenvalue weighted by Crippen LogP contribution is -2.37. The molecular weight excluding hydrogens is 371 g/mol. The van der Waals surface area contributed by atoms with Gasteiger partial charge in [0.1, 0.15) is 6.61 Å². The summed E-state index contributed by atoms with van der Waals surface area (Å²) >= 11 is 3.09. The zero-order chi connectivity index (χ0) is 16.9. The van der Waals surface area contributed by atoms with Crippen LogP contribution in [0.1, 0.15) is 27.6 Å². The minimum Gasteiger partial charge on any atom is -0.478 e. The highest BCUT2D eigenvalue weighted by Gasteiger charge is 2.27. The number of nitrogens with one attached hydrogen (secondary N) is 1. The fraction of sp³-hybridized carbons (Fsp3) is 0.385. The van der Waals surface area contributed by atoms with Gasteiger partial charge in [0.15, 0.2) is 0 Å². The molecule has 1 amide bonds. The van der Waals surface area contributed by atoms with Gasteiger partial charge >= 0.3 is 12.1 Å². The Kier molecular flexibility index (Phi) is 6.36. The molecule has 122 valence electrons. The van der Waals surface area contributed by atoms with Crippen molar-refractivity contribution < 1.29 is 32.6 Å². The average molecular weight is 384 g/mol. The second-order valence-corrected chi connectivity index (χ2v) is 5.45. The molecule has 9 heteroatoms. The monoisotopic (exact) mass is 383 g/mol. The predicted octanol–water partition coefficient (Wildman–Crippen LogP) is 2.84. The van der Waals surface area contributed by atoms with Crippen LogP contribution in [-0.2, 0) is 4.74 Å². The second-order valence-electron chi connectivity index (χ2n) is 4.54. The van der Waals surface area contributed by atoms with Crippen LogP contribution in [0.25, 0.3) is 0 Å². The van der Waals surface area contributed by atoms with E-state index in [2.05, 4.69) is 26.0 Å². The Morgan fingerprint density at radius 2 is 1.91 bits per heavy atom. The average Bonchev–Trinajstić information content (AvgIpc) is 2.36. The van der Waals surface area contributed by atoms with Gasteiger partial charge in [-0.25, -0.2) is 4.79 Å². The smallest absolute Gasteiger partial charge is 0.411 e. The van der Waals surface area contributed by atoms with Crippen LogP contribution < -0.4 is 5.32 Å². The van der Waals surface area contributed by atoms with Gasteiger partial charge in [-0.1, -0.05) is 15.9 Å².